The number of nitrogens with zero attached hydrogens (tertiary/aromatic N) is 3. The number of nitrogens with one attached hydrogen (secondary N) is 1. The number of fused-ring (bicyclic) bond motifs is 2. The number of likely N-dealkylation sites (tertiary alicyclic amines) is 1. The van der Waals surface area contributed by atoms with E-state index in [-0.39, 0.29) is 5.82 Å². The molecule has 3 heterocycles. The Bertz CT molecular complexity index is 1270. The zero-order valence-electron chi connectivity index (χ0n) is 18.6. The summed E-state index contributed by atoms with van der Waals surface area (Å²) in [5.41, 5.74) is 2.49. The van der Waals surface area contributed by atoms with Crippen molar-refractivity contribution in [3.63, 3.8) is 0 Å². The van der Waals surface area contributed by atoms with Crippen LogP contribution in [-0.4, -0.2) is 47.0 Å². The van der Waals surface area contributed by atoms with Gasteiger partial charge in [-0.05, 0) is 56.6 Å². The number of aromatic nitrogens is 2. The Hall–Kier alpha value is -3.39. The van der Waals surface area contributed by atoms with E-state index in [4.69, 9.17) is 9.26 Å². The second-order valence-corrected chi connectivity index (χ2v) is 8.59. The van der Waals surface area contributed by atoms with Crippen LogP contribution in [0.2, 0.25) is 0 Å². The molecule has 0 bridgehead atoms. The Kier molecular flexibility index (Phi) is 6.00. The summed E-state index contributed by atoms with van der Waals surface area (Å²) in [6.07, 6.45) is 2.29. The number of halogens is 1. The van der Waals surface area contributed by atoms with Gasteiger partial charge in [-0.1, -0.05) is 23.4 Å². The number of benzene rings is 2. The van der Waals surface area contributed by atoms with Gasteiger partial charge in [-0.25, -0.2) is 9.18 Å². The van der Waals surface area contributed by atoms with E-state index in [0.29, 0.717) is 23.9 Å². The first-order chi connectivity index (χ1) is 16.1. The topological polar surface area (TPSA) is 72.5 Å². The van der Waals surface area contributed by atoms with Crippen LogP contribution in [0.25, 0.3) is 21.9 Å². The molecule has 2 aromatic heterocycles. The van der Waals surface area contributed by atoms with Crippen molar-refractivity contribution in [2.45, 2.75) is 25.2 Å². The molecule has 1 N–H and O–H groups in total. The van der Waals surface area contributed by atoms with Crippen molar-refractivity contribution in [2.75, 3.05) is 31.6 Å². The number of amides is 1. The molecule has 8 heteroatoms. The normalized spacial score (nSPS) is 15.3. The number of hydrogen-bond acceptors (Lipinski definition) is 5. The molecule has 172 valence electrons. The fourth-order valence-electron chi connectivity index (χ4n) is 4.66. The molecular formula is C25H27FN4O3. The maximum absolute atomic E-state index is 13.4. The van der Waals surface area contributed by atoms with E-state index in [9.17, 15) is 9.18 Å². The smallest absolute Gasteiger partial charge is 0.412 e. The van der Waals surface area contributed by atoms with E-state index in [1.54, 1.807) is 6.07 Å². The highest BCUT2D eigenvalue weighted by Gasteiger charge is 2.25. The van der Waals surface area contributed by atoms with Crippen molar-refractivity contribution >= 4 is 33.8 Å². The van der Waals surface area contributed by atoms with E-state index in [1.165, 1.54) is 12.1 Å². The molecule has 4 aromatic rings. The predicted octanol–water partition coefficient (Wildman–Crippen LogP) is 5.28. The first-order valence-corrected chi connectivity index (χ1v) is 11.3. The Labute approximate surface area is 191 Å². The molecule has 0 spiro atoms. The molecule has 1 saturated heterocycles. The summed E-state index contributed by atoms with van der Waals surface area (Å²) in [6.45, 7) is 3.14. The van der Waals surface area contributed by atoms with Gasteiger partial charge in [0.25, 0.3) is 0 Å². The Morgan fingerprint density at radius 1 is 1.21 bits per heavy atom. The number of rotatable bonds is 6. The first kappa shape index (κ1) is 21.5. The van der Waals surface area contributed by atoms with Crippen LogP contribution in [-0.2, 0) is 11.8 Å². The SMILES string of the molecule is Cn1c(NC(=O)OCCCN2CCC(c3noc4cc(F)ccc34)CC2)cc2ccccc21. The molecule has 1 fully saturated rings. The molecule has 0 atom stereocenters. The Morgan fingerprint density at radius 2 is 2.03 bits per heavy atom. The van der Waals surface area contributed by atoms with Crippen molar-refractivity contribution in [3.05, 3.63) is 60.0 Å². The summed E-state index contributed by atoms with van der Waals surface area (Å²) in [4.78, 5) is 14.6. The summed E-state index contributed by atoms with van der Waals surface area (Å²) in [6, 6.07) is 14.5. The standard InChI is InChI=1S/C25H27FN4O3/c1-29-21-6-3-2-5-18(21)15-23(29)27-25(31)32-14-4-11-30-12-9-17(10-13-30)24-20-8-7-19(26)16-22(20)33-28-24/h2-3,5-8,15-17H,4,9-14H2,1H3,(H,27,31). The lowest BCUT2D eigenvalue weighted by molar-refractivity contribution is 0.145. The lowest BCUT2D eigenvalue weighted by Gasteiger charge is -2.31. The minimum absolute atomic E-state index is 0.312. The third kappa shape index (κ3) is 4.57. The molecule has 0 aliphatic carbocycles. The molecule has 33 heavy (non-hydrogen) atoms. The average molecular weight is 451 g/mol. The van der Waals surface area contributed by atoms with Crippen LogP contribution in [0.3, 0.4) is 0 Å². The minimum atomic E-state index is -0.436. The second kappa shape index (κ2) is 9.23. The third-order valence-electron chi connectivity index (χ3n) is 6.47. The van der Waals surface area contributed by atoms with Gasteiger partial charge < -0.3 is 18.7 Å². The summed E-state index contributed by atoms with van der Waals surface area (Å²) >= 11 is 0. The number of para-hydroxylation sites is 1. The van der Waals surface area contributed by atoms with E-state index in [2.05, 4.69) is 15.4 Å². The Morgan fingerprint density at radius 3 is 2.85 bits per heavy atom. The van der Waals surface area contributed by atoms with Crippen molar-refractivity contribution < 1.29 is 18.4 Å². The predicted molar refractivity (Wildman–Crippen MR) is 125 cm³/mol. The average Bonchev–Trinajstić information content (AvgIpc) is 3.38. The fraction of sp³-hybridized carbons (Fsp3) is 0.360. The molecular weight excluding hydrogens is 423 g/mol. The molecule has 7 nitrogen and oxygen atoms in total. The summed E-state index contributed by atoms with van der Waals surface area (Å²) in [5.74, 6) is 0.718. The summed E-state index contributed by atoms with van der Waals surface area (Å²) in [7, 11) is 1.92. The van der Waals surface area contributed by atoms with Gasteiger partial charge in [0, 0.05) is 41.9 Å². The van der Waals surface area contributed by atoms with Crippen molar-refractivity contribution in [3.8, 4) is 0 Å². The largest absolute Gasteiger partial charge is 0.449 e. The minimum Gasteiger partial charge on any atom is -0.449 e. The number of hydrogen-bond donors (Lipinski definition) is 1. The maximum Gasteiger partial charge on any atom is 0.412 e. The lowest BCUT2D eigenvalue weighted by Crippen LogP contribution is -2.34. The highest BCUT2D eigenvalue weighted by atomic mass is 19.1. The number of anilines is 1. The number of piperidine rings is 1. The molecule has 1 aliphatic rings. The molecule has 5 rings (SSSR count). The summed E-state index contributed by atoms with van der Waals surface area (Å²) in [5, 5.41) is 9.01. The van der Waals surface area contributed by atoms with Crippen LogP contribution in [0.5, 0.6) is 0 Å². The number of carbonyl (C=O) groups excluding carboxylic acids is 1. The highest BCUT2D eigenvalue weighted by Crippen LogP contribution is 2.32. The Balaban J connectivity index is 1.05. The van der Waals surface area contributed by atoms with Crippen LogP contribution in [0.1, 0.15) is 30.9 Å². The molecule has 1 amide bonds. The van der Waals surface area contributed by atoms with Crippen LogP contribution in [0.15, 0.2) is 53.1 Å². The zero-order chi connectivity index (χ0) is 22.8. The quantitative estimate of drug-likeness (QED) is 0.405. The number of aryl methyl sites for hydroxylation is 1. The van der Waals surface area contributed by atoms with Gasteiger partial charge in [0.05, 0.1) is 12.3 Å². The van der Waals surface area contributed by atoms with E-state index in [1.807, 2.05) is 41.9 Å². The van der Waals surface area contributed by atoms with Crippen molar-refractivity contribution in [1.82, 2.24) is 14.6 Å². The first-order valence-electron chi connectivity index (χ1n) is 11.3. The lowest BCUT2D eigenvalue weighted by atomic mass is 9.91. The highest BCUT2D eigenvalue weighted by molar-refractivity contribution is 5.91. The van der Waals surface area contributed by atoms with Gasteiger partial charge in [0.2, 0.25) is 0 Å². The van der Waals surface area contributed by atoms with Gasteiger partial charge in [0.15, 0.2) is 5.58 Å². The van der Waals surface area contributed by atoms with Gasteiger partial charge >= 0.3 is 6.09 Å². The molecule has 1 aliphatic heterocycles. The van der Waals surface area contributed by atoms with E-state index < -0.39 is 6.09 Å². The van der Waals surface area contributed by atoms with Crippen LogP contribution in [0.4, 0.5) is 15.0 Å². The van der Waals surface area contributed by atoms with Crippen LogP contribution < -0.4 is 5.32 Å². The fourth-order valence-corrected chi connectivity index (χ4v) is 4.66. The van der Waals surface area contributed by atoms with Gasteiger partial charge in [-0.2, -0.15) is 0 Å². The molecule has 0 unspecified atom stereocenters. The zero-order valence-corrected chi connectivity index (χ0v) is 18.6. The number of carbonyl (C=O) groups is 1. The third-order valence-corrected chi connectivity index (χ3v) is 6.47. The van der Waals surface area contributed by atoms with Crippen LogP contribution in [0, 0.1) is 5.82 Å². The van der Waals surface area contributed by atoms with Gasteiger partial charge in [-0.3, -0.25) is 5.32 Å². The van der Waals surface area contributed by atoms with Crippen LogP contribution >= 0.6 is 0 Å². The second-order valence-electron chi connectivity index (χ2n) is 8.59. The molecule has 2 aromatic carbocycles. The maximum atomic E-state index is 13.4. The molecule has 0 saturated carbocycles. The van der Waals surface area contributed by atoms with Gasteiger partial charge in [0.1, 0.15) is 11.6 Å². The monoisotopic (exact) mass is 450 g/mol. The molecule has 0 radical (unpaired) electrons. The summed E-state index contributed by atoms with van der Waals surface area (Å²) < 4.78 is 26.0. The number of ether oxygens (including phenoxy) is 1. The van der Waals surface area contributed by atoms with Crippen molar-refractivity contribution in [2.24, 2.45) is 7.05 Å². The van der Waals surface area contributed by atoms with Crippen molar-refractivity contribution in [1.29, 1.82) is 0 Å². The van der Waals surface area contributed by atoms with Gasteiger partial charge in [-0.15, -0.1) is 0 Å². The van der Waals surface area contributed by atoms with E-state index in [0.717, 1.165) is 60.9 Å². The van der Waals surface area contributed by atoms with E-state index >= 15 is 0 Å².